The normalized spacial score (nSPS) is 11.0. The van der Waals surface area contributed by atoms with Gasteiger partial charge in [0.15, 0.2) is 0 Å². The molecule has 0 saturated carbocycles. The quantitative estimate of drug-likeness (QED) is 0.323. The summed E-state index contributed by atoms with van der Waals surface area (Å²) in [6.07, 6.45) is 1.35. The van der Waals surface area contributed by atoms with Gasteiger partial charge in [-0.2, -0.15) is 0 Å². The molecule has 1 N–H and O–H groups in total. The van der Waals surface area contributed by atoms with Crippen LogP contribution in [0, 0.1) is 0 Å². The molecule has 0 amide bonds. The lowest BCUT2D eigenvalue weighted by Crippen LogP contribution is -2.09. The second-order valence-electron chi connectivity index (χ2n) is 4.99. The molecule has 0 bridgehead atoms. The molecule has 0 atom stereocenters. The van der Waals surface area contributed by atoms with Crippen LogP contribution in [0.25, 0.3) is 10.8 Å². The van der Waals surface area contributed by atoms with Crippen molar-refractivity contribution in [2.75, 3.05) is 13.2 Å². The summed E-state index contributed by atoms with van der Waals surface area (Å²) in [5, 5.41) is 14.0. The molecule has 3 aromatic carbocycles. The second-order valence-corrected chi connectivity index (χ2v) is 4.99. The van der Waals surface area contributed by atoms with E-state index in [0.29, 0.717) is 19.0 Å². The third kappa shape index (κ3) is 3.80. The second kappa shape index (κ2) is 7.31. The van der Waals surface area contributed by atoms with Crippen LogP contribution < -0.4 is 9.47 Å². The van der Waals surface area contributed by atoms with Gasteiger partial charge >= 0.3 is 0 Å². The number of hydrogen-bond donors (Lipinski definition) is 1. The summed E-state index contributed by atoms with van der Waals surface area (Å²) in [4.78, 5) is 0. The maximum Gasteiger partial charge on any atom is 0.128 e. The maximum absolute atomic E-state index is 8.64. The molecule has 0 aromatic heterocycles. The molecular formula is C19H17NO3. The zero-order chi connectivity index (χ0) is 15.9. The van der Waals surface area contributed by atoms with Crippen molar-refractivity contribution in [1.29, 1.82) is 0 Å². The summed E-state index contributed by atoms with van der Waals surface area (Å²) in [5.74, 6) is 1.48. The number of benzene rings is 3. The van der Waals surface area contributed by atoms with Crippen LogP contribution in [0.3, 0.4) is 0 Å². The van der Waals surface area contributed by atoms with Crippen LogP contribution in [0.15, 0.2) is 71.9 Å². The number of rotatable bonds is 6. The van der Waals surface area contributed by atoms with E-state index >= 15 is 0 Å². The van der Waals surface area contributed by atoms with Crippen molar-refractivity contribution < 1.29 is 14.7 Å². The number of fused-ring (bicyclic) bond motifs is 1. The Kier molecular flexibility index (Phi) is 4.74. The molecule has 4 nitrogen and oxygen atoms in total. The zero-order valence-electron chi connectivity index (χ0n) is 12.6. The van der Waals surface area contributed by atoms with Gasteiger partial charge in [0, 0.05) is 5.56 Å². The van der Waals surface area contributed by atoms with Crippen molar-refractivity contribution in [2.45, 2.75) is 0 Å². The summed E-state index contributed by atoms with van der Waals surface area (Å²) in [7, 11) is 0. The minimum Gasteiger partial charge on any atom is -0.490 e. The van der Waals surface area contributed by atoms with Crippen molar-refractivity contribution in [3.05, 3.63) is 72.3 Å². The summed E-state index contributed by atoms with van der Waals surface area (Å²) in [5.41, 5.74) is 0.723. The average molecular weight is 307 g/mol. The third-order valence-corrected chi connectivity index (χ3v) is 3.45. The Bertz CT molecular complexity index is 814. The summed E-state index contributed by atoms with van der Waals surface area (Å²) in [6.45, 7) is 0.839. The smallest absolute Gasteiger partial charge is 0.128 e. The Morgan fingerprint density at radius 3 is 2.43 bits per heavy atom. The summed E-state index contributed by atoms with van der Waals surface area (Å²) >= 11 is 0. The van der Waals surface area contributed by atoms with Gasteiger partial charge in [0.25, 0.3) is 0 Å². The van der Waals surface area contributed by atoms with E-state index in [1.165, 1.54) is 11.6 Å². The Labute approximate surface area is 134 Å². The van der Waals surface area contributed by atoms with E-state index in [4.69, 9.17) is 14.7 Å². The fraction of sp³-hybridized carbons (Fsp3) is 0.105. The van der Waals surface area contributed by atoms with Gasteiger partial charge in [0.1, 0.15) is 24.7 Å². The first kappa shape index (κ1) is 14.9. The number of hydrogen-bond acceptors (Lipinski definition) is 4. The van der Waals surface area contributed by atoms with E-state index < -0.39 is 0 Å². The van der Waals surface area contributed by atoms with E-state index in [1.807, 2.05) is 54.6 Å². The molecule has 0 fully saturated rings. The predicted molar refractivity (Wildman–Crippen MR) is 90.8 cm³/mol. The monoisotopic (exact) mass is 307 g/mol. The van der Waals surface area contributed by atoms with Gasteiger partial charge in [-0.3, -0.25) is 0 Å². The van der Waals surface area contributed by atoms with E-state index in [-0.39, 0.29) is 0 Å². The van der Waals surface area contributed by atoms with Crippen molar-refractivity contribution in [3.63, 3.8) is 0 Å². The highest BCUT2D eigenvalue weighted by molar-refractivity contribution is 5.84. The Morgan fingerprint density at radius 1 is 0.826 bits per heavy atom. The molecule has 3 rings (SSSR count). The summed E-state index contributed by atoms with van der Waals surface area (Å²) in [6, 6.07) is 21.5. The topological polar surface area (TPSA) is 51.1 Å². The van der Waals surface area contributed by atoms with Crippen molar-refractivity contribution >= 4 is 17.0 Å². The SMILES string of the molecule is ON=Cc1ccccc1OCCOc1ccc2ccccc2c1. The fourth-order valence-corrected chi connectivity index (χ4v) is 2.35. The van der Waals surface area contributed by atoms with Gasteiger partial charge in [-0.15, -0.1) is 0 Å². The highest BCUT2D eigenvalue weighted by Gasteiger charge is 2.01. The minimum atomic E-state index is 0.406. The largest absolute Gasteiger partial charge is 0.490 e. The molecule has 0 spiro atoms. The highest BCUT2D eigenvalue weighted by atomic mass is 16.5. The number of para-hydroxylation sites is 1. The van der Waals surface area contributed by atoms with Crippen LogP contribution in [0.4, 0.5) is 0 Å². The van der Waals surface area contributed by atoms with Crippen LogP contribution in [0.5, 0.6) is 11.5 Å². The molecule has 0 saturated heterocycles. The van der Waals surface area contributed by atoms with E-state index in [9.17, 15) is 0 Å². The third-order valence-electron chi connectivity index (χ3n) is 3.45. The molecule has 0 aliphatic heterocycles. The number of oxime groups is 1. The molecule has 23 heavy (non-hydrogen) atoms. The van der Waals surface area contributed by atoms with Crippen LogP contribution in [-0.2, 0) is 0 Å². The Balaban J connectivity index is 1.57. The van der Waals surface area contributed by atoms with Crippen LogP contribution in [-0.4, -0.2) is 24.6 Å². The van der Waals surface area contributed by atoms with Gasteiger partial charge in [-0.25, -0.2) is 0 Å². The molecule has 3 aromatic rings. The van der Waals surface area contributed by atoms with Crippen LogP contribution in [0.1, 0.15) is 5.56 Å². The van der Waals surface area contributed by atoms with Gasteiger partial charge < -0.3 is 14.7 Å². The Hall–Kier alpha value is -3.01. The lowest BCUT2D eigenvalue weighted by Gasteiger charge is -2.10. The van der Waals surface area contributed by atoms with E-state index in [2.05, 4.69) is 17.3 Å². The molecular weight excluding hydrogens is 290 g/mol. The zero-order valence-corrected chi connectivity index (χ0v) is 12.6. The number of nitrogens with zero attached hydrogens (tertiary/aromatic N) is 1. The first-order chi connectivity index (χ1) is 11.4. The fourth-order valence-electron chi connectivity index (χ4n) is 2.35. The van der Waals surface area contributed by atoms with E-state index in [1.54, 1.807) is 0 Å². The van der Waals surface area contributed by atoms with E-state index in [0.717, 1.165) is 16.7 Å². The van der Waals surface area contributed by atoms with Crippen molar-refractivity contribution in [3.8, 4) is 11.5 Å². The molecule has 4 heteroatoms. The van der Waals surface area contributed by atoms with Gasteiger partial charge in [0.05, 0.1) is 6.21 Å². The molecule has 0 unspecified atom stereocenters. The lowest BCUT2D eigenvalue weighted by molar-refractivity contribution is 0.217. The average Bonchev–Trinajstić information content (AvgIpc) is 2.60. The van der Waals surface area contributed by atoms with Crippen molar-refractivity contribution in [1.82, 2.24) is 0 Å². The van der Waals surface area contributed by atoms with Gasteiger partial charge in [-0.05, 0) is 35.0 Å². The van der Waals surface area contributed by atoms with Crippen molar-refractivity contribution in [2.24, 2.45) is 5.16 Å². The van der Waals surface area contributed by atoms with Crippen LogP contribution >= 0.6 is 0 Å². The highest BCUT2D eigenvalue weighted by Crippen LogP contribution is 2.20. The predicted octanol–water partition coefficient (Wildman–Crippen LogP) is 4.11. The molecule has 0 radical (unpaired) electrons. The molecule has 0 heterocycles. The molecule has 116 valence electrons. The molecule has 0 aliphatic rings. The van der Waals surface area contributed by atoms with Crippen LogP contribution in [0.2, 0.25) is 0 Å². The first-order valence-electron chi connectivity index (χ1n) is 7.38. The Morgan fingerprint density at radius 2 is 1.57 bits per heavy atom. The maximum atomic E-state index is 8.64. The molecule has 0 aliphatic carbocycles. The lowest BCUT2D eigenvalue weighted by atomic mass is 10.1. The van der Waals surface area contributed by atoms with Gasteiger partial charge in [0.2, 0.25) is 0 Å². The number of ether oxygens (including phenoxy) is 2. The summed E-state index contributed by atoms with van der Waals surface area (Å²) < 4.78 is 11.4. The standard InChI is InChI=1S/C19H17NO3/c21-20-14-17-7-3-4-8-19(17)23-12-11-22-18-10-9-15-5-1-2-6-16(15)13-18/h1-10,13-14,21H,11-12H2. The van der Waals surface area contributed by atoms with Gasteiger partial charge in [-0.1, -0.05) is 47.6 Å². The first-order valence-corrected chi connectivity index (χ1v) is 7.38. The minimum absolute atomic E-state index is 0.406.